The molecule has 0 saturated heterocycles. The molecule has 0 saturated carbocycles. The van der Waals surface area contributed by atoms with Crippen molar-refractivity contribution in [3.8, 4) is 0 Å². The van der Waals surface area contributed by atoms with E-state index in [9.17, 15) is 8.42 Å². The maximum absolute atomic E-state index is 11.1. The van der Waals surface area contributed by atoms with Crippen LogP contribution >= 0.6 is 0 Å². The van der Waals surface area contributed by atoms with Gasteiger partial charge < -0.3 is 0 Å². The second-order valence-corrected chi connectivity index (χ2v) is 11.8. The van der Waals surface area contributed by atoms with Crippen molar-refractivity contribution in [3.05, 3.63) is 0 Å². The molecule has 0 rings (SSSR count). The lowest BCUT2D eigenvalue weighted by atomic mass is 10.1. The van der Waals surface area contributed by atoms with Crippen LogP contribution in [0, 0.1) is 0 Å². The van der Waals surface area contributed by atoms with E-state index in [1.54, 1.807) is 0 Å². The van der Waals surface area contributed by atoms with Gasteiger partial charge in [-0.2, -0.15) is 0 Å². The van der Waals surface area contributed by atoms with Gasteiger partial charge in [-0.05, 0) is 12.8 Å². The number of rotatable bonds is 13. The summed E-state index contributed by atoms with van der Waals surface area (Å²) in [5.41, 5.74) is 0. The Kier molecular flexibility index (Phi) is 11.6. The highest BCUT2D eigenvalue weighted by atomic mass is 32.8. The minimum absolute atomic E-state index is 0.494. The van der Waals surface area contributed by atoms with Crippen LogP contribution in [0.25, 0.3) is 0 Å². The molecule has 0 aromatic rings. The molecule has 0 spiro atoms. The van der Waals surface area contributed by atoms with Crippen molar-refractivity contribution in [2.45, 2.75) is 51.4 Å². The van der Waals surface area contributed by atoms with Gasteiger partial charge in [-0.1, -0.05) is 38.5 Å². The summed E-state index contributed by atoms with van der Waals surface area (Å²) in [4.78, 5) is 0. The van der Waals surface area contributed by atoms with Crippen LogP contribution < -0.4 is 0 Å². The Bertz CT molecular complexity index is 386. The molecule has 0 aromatic heterocycles. The Balaban J connectivity index is 3.18. The molecule has 2 unspecified atom stereocenters. The summed E-state index contributed by atoms with van der Waals surface area (Å²) in [6.07, 6.45) is 11.6. The minimum Gasteiger partial charge on any atom is -0.290 e. The van der Waals surface area contributed by atoms with Crippen molar-refractivity contribution in [3.63, 3.8) is 0 Å². The van der Waals surface area contributed by atoms with Crippen LogP contribution in [0.2, 0.25) is 0 Å². The van der Waals surface area contributed by atoms with E-state index < -0.39 is 17.5 Å². The molecule has 20 heavy (non-hydrogen) atoms. The second-order valence-electron chi connectivity index (χ2n) is 4.88. The first-order valence-corrected chi connectivity index (χ1v) is 12.5. The fourth-order valence-electron chi connectivity index (χ4n) is 1.69. The van der Waals surface area contributed by atoms with E-state index in [0.29, 0.717) is 13.2 Å². The summed E-state index contributed by atoms with van der Waals surface area (Å²) in [6.45, 7) is 0.987. The van der Waals surface area contributed by atoms with E-state index >= 15 is 0 Å². The molecule has 0 amide bonds. The summed E-state index contributed by atoms with van der Waals surface area (Å²) in [5, 5.41) is 0. The predicted molar refractivity (Wildman–Crippen MR) is 91.7 cm³/mol. The fourth-order valence-corrected chi connectivity index (χ4v) is 2.93. The Morgan fingerprint density at radius 2 is 0.900 bits per heavy atom. The molecule has 0 aromatic carbocycles. The molecule has 0 heterocycles. The van der Waals surface area contributed by atoms with Gasteiger partial charge >= 0.3 is 0 Å². The van der Waals surface area contributed by atoms with E-state index in [-0.39, 0.29) is 0 Å². The zero-order valence-electron chi connectivity index (χ0n) is 12.3. The first-order chi connectivity index (χ1) is 9.21. The summed E-state index contributed by atoms with van der Waals surface area (Å²) in [5.74, 6) is 0. The third-order valence-electron chi connectivity index (χ3n) is 2.63. The molecule has 0 bridgehead atoms. The molecule has 0 aliphatic carbocycles. The summed E-state index contributed by atoms with van der Waals surface area (Å²) < 4.78 is 32.2. The summed E-state index contributed by atoms with van der Waals surface area (Å²) in [7, 11) is -4.90. The maximum atomic E-state index is 11.1. The van der Waals surface area contributed by atoms with Crippen LogP contribution in [0.3, 0.4) is 0 Å². The molecule has 0 fully saturated rings. The highest BCUT2D eigenvalue weighted by Crippen LogP contribution is 2.09. The third kappa shape index (κ3) is 18.7. The van der Waals surface area contributed by atoms with Crippen molar-refractivity contribution in [1.82, 2.24) is 0 Å². The van der Waals surface area contributed by atoms with Crippen LogP contribution in [0.4, 0.5) is 0 Å². The van der Waals surface area contributed by atoms with Crippen LogP contribution in [0.1, 0.15) is 51.4 Å². The lowest BCUT2D eigenvalue weighted by molar-refractivity contribution is 0.329. The third-order valence-corrected chi connectivity index (χ3v) is 4.40. The molecule has 0 aliphatic rings. The number of unbranched alkanes of at least 4 members (excludes halogenated alkanes) is 7. The van der Waals surface area contributed by atoms with E-state index in [4.69, 9.17) is 8.37 Å². The fraction of sp³-hybridized carbons (Fsp3) is 1.00. The first kappa shape index (κ1) is 20.7. The predicted octanol–water partition coefficient (Wildman–Crippen LogP) is 2.72. The average molecular weight is 363 g/mol. The van der Waals surface area contributed by atoms with Crippen molar-refractivity contribution >= 4 is 39.9 Å². The van der Waals surface area contributed by atoms with Gasteiger partial charge in [0.25, 0.3) is 0 Å². The summed E-state index contributed by atoms with van der Waals surface area (Å²) >= 11 is 9.30. The number of hydrogen-bond acceptors (Lipinski definition) is 6. The van der Waals surface area contributed by atoms with Crippen molar-refractivity contribution in [2.75, 3.05) is 25.7 Å². The normalized spacial score (nSPS) is 17.5. The van der Waals surface area contributed by atoms with Crippen molar-refractivity contribution < 1.29 is 16.8 Å². The van der Waals surface area contributed by atoms with Gasteiger partial charge in [-0.25, -0.2) is 8.42 Å². The zero-order valence-corrected chi connectivity index (χ0v) is 15.6. The summed E-state index contributed by atoms with van der Waals surface area (Å²) in [6, 6.07) is 0. The monoisotopic (exact) mass is 362 g/mol. The average Bonchev–Trinajstić information content (AvgIpc) is 2.27. The van der Waals surface area contributed by atoms with E-state index in [0.717, 1.165) is 38.5 Å². The maximum Gasteiger partial charge on any atom is 0.141 e. The molecule has 8 heteroatoms. The van der Waals surface area contributed by atoms with Crippen LogP contribution in [-0.4, -0.2) is 34.1 Å². The van der Waals surface area contributed by atoms with Gasteiger partial charge in [0, 0.05) is 34.9 Å². The van der Waals surface area contributed by atoms with Crippen molar-refractivity contribution in [2.24, 2.45) is 0 Å². The van der Waals surface area contributed by atoms with E-state index in [2.05, 4.69) is 22.4 Å². The molecule has 0 radical (unpaired) electrons. The van der Waals surface area contributed by atoms with Gasteiger partial charge in [0.2, 0.25) is 0 Å². The molecule has 2 atom stereocenters. The SMILES string of the molecule is CS(=O)(=S)OCCCCCCCCCCOS(C)(=O)=S. The zero-order chi connectivity index (χ0) is 15.5. The highest BCUT2D eigenvalue weighted by Gasteiger charge is 1.98. The molecule has 0 aliphatic heterocycles. The smallest absolute Gasteiger partial charge is 0.141 e. The standard InChI is InChI=1S/C12H26O4S4/c1-19(13,17)15-11-9-7-5-3-4-6-8-10-12-16-20(2,14)18/h3-12H2,1-2H3. The molecule has 4 nitrogen and oxygen atoms in total. The Hall–Kier alpha value is 0.660. The second kappa shape index (κ2) is 11.3. The van der Waals surface area contributed by atoms with Gasteiger partial charge in [0.1, 0.15) is 17.5 Å². The van der Waals surface area contributed by atoms with Crippen LogP contribution in [0.5, 0.6) is 0 Å². The Labute approximate surface area is 133 Å². The lowest BCUT2D eigenvalue weighted by Gasteiger charge is -2.04. The highest BCUT2D eigenvalue weighted by molar-refractivity contribution is 8.30. The van der Waals surface area contributed by atoms with Gasteiger partial charge in [-0.15, -0.1) is 0 Å². The molecular formula is C12H26O4S4. The lowest BCUT2D eigenvalue weighted by Crippen LogP contribution is -2.02. The number of hydrogen-bond donors (Lipinski definition) is 0. The largest absolute Gasteiger partial charge is 0.290 e. The Morgan fingerprint density at radius 1 is 0.650 bits per heavy atom. The first-order valence-electron chi connectivity index (χ1n) is 6.89. The topological polar surface area (TPSA) is 52.6 Å². The van der Waals surface area contributed by atoms with Gasteiger partial charge in [0.05, 0.1) is 13.2 Å². The molecule has 122 valence electrons. The van der Waals surface area contributed by atoms with E-state index in [1.807, 2.05) is 0 Å². The van der Waals surface area contributed by atoms with Gasteiger partial charge in [0.15, 0.2) is 0 Å². The molecular weight excluding hydrogens is 336 g/mol. The van der Waals surface area contributed by atoms with Crippen molar-refractivity contribution in [1.29, 1.82) is 0 Å². The van der Waals surface area contributed by atoms with Gasteiger partial charge in [-0.3, -0.25) is 8.37 Å². The minimum atomic E-state index is -2.45. The molecule has 0 N–H and O–H groups in total. The Morgan fingerprint density at radius 3 is 1.15 bits per heavy atom. The van der Waals surface area contributed by atoms with E-state index in [1.165, 1.54) is 25.4 Å². The van der Waals surface area contributed by atoms with Crippen LogP contribution in [0.15, 0.2) is 0 Å². The quantitative estimate of drug-likeness (QED) is 0.470. The van der Waals surface area contributed by atoms with Crippen LogP contribution in [-0.2, 0) is 48.3 Å².